The number of aromatic nitrogens is 2. The van der Waals surface area contributed by atoms with Gasteiger partial charge >= 0.3 is 0 Å². The van der Waals surface area contributed by atoms with Crippen molar-refractivity contribution in [2.75, 3.05) is 33.3 Å². The quantitative estimate of drug-likeness (QED) is 0.657. The van der Waals surface area contributed by atoms with Gasteiger partial charge in [-0.05, 0) is 41.7 Å². The molecule has 148 valence electrons. The Morgan fingerprint density at radius 1 is 1.36 bits per heavy atom. The van der Waals surface area contributed by atoms with Crippen molar-refractivity contribution in [2.24, 2.45) is 23.9 Å². The number of rotatable bonds is 3. The molecule has 1 aliphatic heterocycles. The van der Waals surface area contributed by atoms with Crippen molar-refractivity contribution in [3.63, 3.8) is 0 Å². The molecular formula is C22H29N5O. The number of guanidine groups is 1. The zero-order valence-corrected chi connectivity index (χ0v) is 16.7. The minimum absolute atomic E-state index is 0.0522. The van der Waals surface area contributed by atoms with Gasteiger partial charge in [-0.15, -0.1) is 0 Å². The van der Waals surface area contributed by atoms with E-state index in [-0.39, 0.29) is 6.10 Å². The van der Waals surface area contributed by atoms with Crippen LogP contribution in [0.3, 0.4) is 0 Å². The summed E-state index contributed by atoms with van der Waals surface area (Å²) in [7, 11) is 3.82. The highest BCUT2D eigenvalue weighted by Gasteiger charge is 2.52. The largest absolute Gasteiger partial charge is 0.370 e. The average molecular weight is 380 g/mol. The fourth-order valence-electron chi connectivity index (χ4n) is 5.18. The maximum Gasteiger partial charge on any atom is 0.193 e. The lowest BCUT2D eigenvalue weighted by molar-refractivity contribution is -0.00804. The fourth-order valence-corrected chi connectivity index (χ4v) is 5.18. The molecule has 3 aliphatic rings. The van der Waals surface area contributed by atoms with Gasteiger partial charge in [0.15, 0.2) is 5.96 Å². The van der Waals surface area contributed by atoms with Crippen LogP contribution in [0.5, 0.6) is 0 Å². The fraction of sp³-hybridized carbons (Fsp3) is 0.545. The molecule has 2 aliphatic carbocycles. The third-order valence-corrected chi connectivity index (χ3v) is 6.66. The molecule has 6 nitrogen and oxygen atoms in total. The number of aliphatic imine (C=N–C) groups is 1. The maximum absolute atomic E-state index is 5.98. The summed E-state index contributed by atoms with van der Waals surface area (Å²) in [5, 5.41) is 7.95. The zero-order chi connectivity index (χ0) is 19.1. The number of nitrogens with one attached hydrogen (secondary N) is 1. The monoisotopic (exact) mass is 379 g/mol. The molecule has 0 radical (unpaired) electrons. The minimum atomic E-state index is 0.0522. The Bertz CT molecular complexity index is 875. The summed E-state index contributed by atoms with van der Waals surface area (Å²) in [6.07, 6.45) is 6.55. The molecule has 2 fully saturated rings. The van der Waals surface area contributed by atoms with Crippen molar-refractivity contribution < 1.29 is 4.74 Å². The van der Waals surface area contributed by atoms with Crippen molar-refractivity contribution in [1.29, 1.82) is 0 Å². The lowest BCUT2D eigenvalue weighted by Gasteiger charge is -2.34. The van der Waals surface area contributed by atoms with Crippen LogP contribution < -0.4 is 5.32 Å². The van der Waals surface area contributed by atoms with Crippen LogP contribution in [0, 0.1) is 11.8 Å². The number of hydrogen-bond acceptors (Lipinski definition) is 3. The molecule has 1 aromatic carbocycles. The highest BCUT2D eigenvalue weighted by Crippen LogP contribution is 2.59. The normalized spacial score (nSPS) is 29.2. The number of aryl methyl sites for hydroxylation is 2. The van der Waals surface area contributed by atoms with E-state index in [0.717, 1.165) is 48.9 Å². The first-order valence-electron chi connectivity index (χ1n) is 10.4. The number of morpholine rings is 1. The summed E-state index contributed by atoms with van der Waals surface area (Å²) in [5.74, 6) is 3.31. The predicted octanol–water partition coefficient (Wildman–Crippen LogP) is 2.34. The summed E-state index contributed by atoms with van der Waals surface area (Å²) >= 11 is 0. The minimum Gasteiger partial charge on any atom is -0.370 e. The molecule has 0 bridgehead atoms. The van der Waals surface area contributed by atoms with Gasteiger partial charge in [-0.3, -0.25) is 9.67 Å². The van der Waals surface area contributed by atoms with Gasteiger partial charge in [0.25, 0.3) is 0 Å². The lowest BCUT2D eigenvalue weighted by atomic mass is 9.92. The Labute approximate surface area is 166 Å². The van der Waals surface area contributed by atoms with Gasteiger partial charge in [0.05, 0.1) is 19.3 Å². The van der Waals surface area contributed by atoms with Crippen LogP contribution in [0.25, 0.3) is 0 Å². The molecule has 0 spiro atoms. The summed E-state index contributed by atoms with van der Waals surface area (Å²) < 4.78 is 7.81. The van der Waals surface area contributed by atoms with E-state index in [1.807, 2.05) is 31.2 Å². The van der Waals surface area contributed by atoms with E-state index in [0.29, 0.717) is 6.61 Å². The van der Waals surface area contributed by atoms with E-state index < -0.39 is 0 Å². The number of hydrogen-bond donors (Lipinski definition) is 1. The van der Waals surface area contributed by atoms with Crippen LogP contribution in [-0.4, -0.2) is 53.9 Å². The predicted molar refractivity (Wildman–Crippen MR) is 109 cm³/mol. The lowest BCUT2D eigenvalue weighted by Crippen LogP contribution is -2.48. The van der Waals surface area contributed by atoms with E-state index in [1.54, 1.807) is 11.1 Å². The standard InChI is InChI=1S/C22H29N5O/c1-23-22(27-9-10-28-20(14-27)16-11-25-26(2)13-16)24-12-19-18-8-7-15-5-3-4-6-17(15)21(18)19/h3-6,11,13,18-21H,7-10,12,14H2,1-2H3,(H,23,24). The Kier molecular flexibility index (Phi) is 4.59. The SMILES string of the molecule is CN=C(NCC1C2CCc3ccccc3C21)N1CCOC(c2cnn(C)c2)C1. The highest BCUT2D eigenvalue weighted by molar-refractivity contribution is 5.80. The van der Waals surface area contributed by atoms with Gasteiger partial charge in [0.1, 0.15) is 6.10 Å². The molecule has 28 heavy (non-hydrogen) atoms. The van der Waals surface area contributed by atoms with Crippen molar-refractivity contribution in [3.8, 4) is 0 Å². The molecule has 5 rings (SSSR count). The highest BCUT2D eigenvalue weighted by atomic mass is 16.5. The van der Waals surface area contributed by atoms with Gasteiger partial charge in [-0.2, -0.15) is 5.10 Å². The molecule has 1 N–H and O–H groups in total. The van der Waals surface area contributed by atoms with Crippen LogP contribution in [-0.2, 0) is 18.2 Å². The number of ether oxygens (including phenoxy) is 1. The van der Waals surface area contributed by atoms with Crippen LogP contribution in [0.15, 0.2) is 41.7 Å². The molecule has 2 heterocycles. The Morgan fingerprint density at radius 3 is 3.07 bits per heavy atom. The molecule has 4 unspecified atom stereocenters. The molecule has 1 saturated carbocycles. The van der Waals surface area contributed by atoms with Crippen LogP contribution in [0.2, 0.25) is 0 Å². The molecule has 6 heteroatoms. The smallest absolute Gasteiger partial charge is 0.193 e. The number of fused-ring (bicyclic) bond motifs is 3. The van der Waals surface area contributed by atoms with Crippen molar-refractivity contribution in [1.82, 2.24) is 20.0 Å². The second-order valence-corrected chi connectivity index (χ2v) is 8.27. The summed E-state index contributed by atoms with van der Waals surface area (Å²) in [5.41, 5.74) is 4.28. The molecule has 0 amide bonds. The molecule has 2 aromatic rings. The third-order valence-electron chi connectivity index (χ3n) is 6.66. The Hall–Kier alpha value is -2.34. The summed E-state index contributed by atoms with van der Waals surface area (Å²) in [4.78, 5) is 6.88. The van der Waals surface area contributed by atoms with E-state index >= 15 is 0 Å². The first-order chi connectivity index (χ1) is 13.7. The molecular weight excluding hydrogens is 350 g/mol. The van der Waals surface area contributed by atoms with Gasteiger partial charge in [-0.25, -0.2) is 0 Å². The summed E-state index contributed by atoms with van der Waals surface area (Å²) in [6.45, 7) is 3.40. The number of benzene rings is 1. The Balaban J connectivity index is 1.21. The first kappa shape index (κ1) is 17.7. The average Bonchev–Trinajstić information content (AvgIpc) is 3.28. The number of nitrogens with zero attached hydrogens (tertiary/aromatic N) is 4. The van der Waals surface area contributed by atoms with E-state index in [1.165, 1.54) is 12.8 Å². The zero-order valence-electron chi connectivity index (χ0n) is 16.7. The van der Waals surface area contributed by atoms with Crippen molar-refractivity contribution >= 4 is 5.96 Å². The second-order valence-electron chi connectivity index (χ2n) is 8.27. The van der Waals surface area contributed by atoms with Crippen LogP contribution in [0.4, 0.5) is 0 Å². The van der Waals surface area contributed by atoms with Crippen LogP contribution in [0.1, 0.15) is 35.1 Å². The topological polar surface area (TPSA) is 54.7 Å². The van der Waals surface area contributed by atoms with E-state index in [4.69, 9.17) is 4.74 Å². The van der Waals surface area contributed by atoms with Crippen LogP contribution >= 0.6 is 0 Å². The molecule has 4 atom stereocenters. The Morgan fingerprint density at radius 2 is 2.25 bits per heavy atom. The van der Waals surface area contributed by atoms with E-state index in [9.17, 15) is 0 Å². The summed E-state index contributed by atoms with van der Waals surface area (Å²) in [6, 6.07) is 9.00. The van der Waals surface area contributed by atoms with Gasteiger partial charge in [-0.1, -0.05) is 24.3 Å². The molecule has 1 saturated heterocycles. The van der Waals surface area contributed by atoms with E-state index in [2.05, 4.69) is 44.6 Å². The van der Waals surface area contributed by atoms with Gasteiger partial charge < -0.3 is 15.0 Å². The first-order valence-corrected chi connectivity index (χ1v) is 10.4. The maximum atomic E-state index is 5.98. The third kappa shape index (κ3) is 3.20. The molecule has 1 aromatic heterocycles. The second kappa shape index (κ2) is 7.24. The van der Waals surface area contributed by atoms with Gasteiger partial charge in [0.2, 0.25) is 0 Å². The van der Waals surface area contributed by atoms with Gasteiger partial charge in [0, 0.05) is 38.9 Å². The van der Waals surface area contributed by atoms with Crippen molar-refractivity contribution in [3.05, 3.63) is 53.3 Å². The van der Waals surface area contributed by atoms with Crippen molar-refractivity contribution in [2.45, 2.75) is 24.9 Å².